The van der Waals surface area contributed by atoms with Crippen LogP contribution in [0.2, 0.25) is 5.02 Å². The maximum absolute atomic E-state index is 14.2. The quantitative estimate of drug-likeness (QED) is 0.126. The molecule has 0 saturated carbocycles. The molecular weight excluding hydrogens is 673 g/mol. The smallest absolute Gasteiger partial charge is 0.338 e. The third kappa shape index (κ3) is 7.53. The average Bonchev–Trinajstić information content (AvgIpc) is 3.70. The molecule has 0 bridgehead atoms. The number of esters is 1. The lowest BCUT2D eigenvalue weighted by Gasteiger charge is -2.21. The van der Waals surface area contributed by atoms with Crippen LogP contribution in [-0.2, 0) is 24.1 Å². The van der Waals surface area contributed by atoms with Crippen LogP contribution >= 0.6 is 11.6 Å². The number of amides is 2. The maximum Gasteiger partial charge on any atom is 0.338 e. The molecule has 51 heavy (non-hydrogen) atoms. The molecule has 1 atom stereocenters. The molecule has 1 aliphatic rings. The Bertz CT molecular complexity index is 2220. The summed E-state index contributed by atoms with van der Waals surface area (Å²) in [6, 6.07) is 16.1. The number of aryl methyl sites for hydroxylation is 1. The van der Waals surface area contributed by atoms with E-state index in [4.69, 9.17) is 16.3 Å². The first kappa shape index (κ1) is 35.4. The summed E-state index contributed by atoms with van der Waals surface area (Å²) in [6.45, 7) is 8.96. The maximum atomic E-state index is 14.2. The second-order valence-electron chi connectivity index (χ2n) is 13.7. The van der Waals surface area contributed by atoms with Crippen molar-refractivity contribution in [2.24, 2.45) is 0 Å². The van der Waals surface area contributed by atoms with Gasteiger partial charge >= 0.3 is 5.97 Å². The van der Waals surface area contributed by atoms with Crippen molar-refractivity contribution in [3.63, 3.8) is 0 Å². The molecule has 3 aromatic carbocycles. The normalized spacial score (nSPS) is 13.9. The van der Waals surface area contributed by atoms with Gasteiger partial charge in [-0.25, -0.2) is 18.7 Å². The number of carbonyl (C=O) groups is 4. The Kier molecular flexibility index (Phi) is 9.77. The number of hydrogen-bond acceptors (Lipinski definition) is 7. The van der Waals surface area contributed by atoms with Crippen LogP contribution in [0.4, 0.5) is 4.39 Å². The van der Waals surface area contributed by atoms with E-state index in [1.165, 1.54) is 22.8 Å². The van der Waals surface area contributed by atoms with Gasteiger partial charge in [0.2, 0.25) is 0 Å². The summed E-state index contributed by atoms with van der Waals surface area (Å²) in [5, 5.41) is 10.6. The zero-order valence-electron chi connectivity index (χ0n) is 28.9. The van der Waals surface area contributed by atoms with E-state index >= 15 is 0 Å². The standard InChI is InChI=1S/C39H37ClFN5O5/c1-21-10-11-23(16-30(21)41)19-42-36(48)32-18-33(46-35(44-32)28(20-43-46)34(47)17-24-8-6-7-9-29(24)40)37(49)45-31-15-14-25-22(2)26(12-13-27(25)31)38(50)51-39(3,4)5/h6-13,16,18,20,31H,14-15,17,19H2,1-5H3,(H,42,48)(H,45,49)/t31-/m0/s1. The monoisotopic (exact) mass is 709 g/mol. The highest BCUT2D eigenvalue weighted by atomic mass is 35.5. The summed E-state index contributed by atoms with van der Waals surface area (Å²) in [5.41, 5.74) is 4.07. The number of ether oxygens (including phenoxy) is 1. The van der Waals surface area contributed by atoms with Crippen LogP contribution in [0.1, 0.15) is 108 Å². The lowest BCUT2D eigenvalue weighted by atomic mass is 9.97. The van der Waals surface area contributed by atoms with Crippen molar-refractivity contribution in [2.45, 2.75) is 72.1 Å². The van der Waals surface area contributed by atoms with Gasteiger partial charge in [-0.2, -0.15) is 5.10 Å². The minimum Gasteiger partial charge on any atom is -0.456 e. The fraction of sp³-hybridized carbons (Fsp3) is 0.282. The van der Waals surface area contributed by atoms with E-state index in [9.17, 15) is 23.6 Å². The van der Waals surface area contributed by atoms with Gasteiger partial charge in [-0.3, -0.25) is 14.4 Å². The molecule has 262 valence electrons. The van der Waals surface area contributed by atoms with E-state index in [0.717, 1.165) is 16.7 Å². The Morgan fingerprint density at radius 1 is 1.00 bits per heavy atom. The van der Waals surface area contributed by atoms with E-state index in [-0.39, 0.29) is 41.3 Å². The van der Waals surface area contributed by atoms with E-state index in [2.05, 4.69) is 20.7 Å². The van der Waals surface area contributed by atoms with Crippen LogP contribution < -0.4 is 10.6 Å². The highest BCUT2D eigenvalue weighted by Crippen LogP contribution is 2.35. The number of hydrogen-bond donors (Lipinski definition) is 2. The predicted octanol–water partition coefficient (Wildman–Crippen LogP) is 6.87. The van der Waals surface area contributed by atoms with Crippen molar-refractivity contribution in [3.05, 3.63) is 134 Å². The number of ketones is 1. The second kappa shape index (κ2) is 14.1. The van der Waals surface area contributed by atoms with E-state index in [1.807, 2.05) is 33.8 Å². The van der Waals surface area contributed by atoms with Crippen molar-refractivity contribution < 1.29 is 28.3 Å². The average molecular weight is 710 g/mol. The number of nitrogens with one attached hydrogen (secondary N) is 2. The highest BCUT2D eigenvalue weighted by Gasteiger charge is 2.31. The molecule has 0 fully saturated rings. The first-order valence-corrected chi connectivity index (χ1v) is 16.9. The van der Waals surface area contributed by atoms with Gasteiger partial charge in [0.05, 0.1) is 23.4 Å². The van der Waals surface area contributed by atoms with Gasteiger partial charge in [-0.15, -0.1) is 0 Å². The minimum atomic E-state index is -0.644. The molecule has 5 aromatic rings. The number of halogens is 2. The largest absolute Gasteiger partial charge is 0.456 e. The van der Waals surface area contributed by atoms with Gasteiger partial charge in [0.25, 0.3) is 11.8 Å². The number of fused-ring (bicyclic) bond motifs is 2. The van der Waals surface area contributed by atoms with Crippen LogP contribution in [0.5, 0.6) is 0 Å². The molecule has 2 heterocycles. The highest BCUT2D eigenvalue weighted by molar-refractivity contribution is 6.31. The van der Waals surface area contributed by atoms with Crippen molar-refractivity contribution in [3.8, 4) is 0 Å². The summed E-state index contributed by atoms with van der Waals surface area (Å²) in [5.74, 6) is -2.34. The Morgan fingerprint density at radius 2 is 1.76 bits per heavy atom. The van der Waals surface area contributed by atoms with Gasteiger partial charge < -0.3 is 15.4 Å². The molecule has 0 aliphatic heterocycles. The molecule has 10 nitrogen and oxygen atoms in total. The van der Waals surface area contributed by atoms with Gasteiger partial charge in [0, 0.05) is 24.1 Å². The zero-order chi connectivity index (χ0) is 36.6. The lowest BCUT2D eigenvalue weighted by Crippen LogP contribution is -2.31. The van der Waals surface area contributed by atoms with Crippen molar-refractivity contribution in [2.75, 3.05) is 0 Å². The summed E-state index contributed by atoms with van der Waals surface area (Å²) in [6.07, 6.45) is 2.48. The fourth-order valence-electron chi connectivity index (χ4n) is 6.18. The van der Waals surface area contributed by atoms with Crippen LogP contribution in [0, 0.1) is 19.7 Å². The molecule has 0 radical (unpaired) electrons. The van der Waals surface area contributed by atoms with E-state index < -0.39 is 35.2 Å². The molecule has 0 saturated heterocycles. The summed E-state index contributed by atoms with van der Waals surface area (Å²) in [4.78, 5) is 58.4. The van der Waals surface area contributed by atoms with Gasteiger partial charge in [-0.1, -0.05) is 48.0 Å². The van der Waals surface area contributed by atoms with Crippen LogP contribution in [0.3, 0.4) is 0 Å². The number of aromatic nitrogens is 3. The summed E-state index contributed by atoms with van der Waals surface area (Å²) >= 11 is 6.32. The molecule has 0 spiro atoms. The van der Waals surface area contributed by atoms with Crippen molar-refractivity contribution in [1.29, 1.82) is 0 Å². The molecule has 6 rings (SSSR count). The number of nitrogens with zero attached hydrogens (tertiary/aromatic N) is 3. The molecule has 2 amide bonds. The Morgan fingerprint density at radius 3 is 2.49 bits per heavy atom. The molecule has 2 N–H and O–H groups in total. The molecule has 0 unspecified atom stereocenters. The van der Waals surface area contributed by atoms with Crippen LogP contribution in [-0.4, -0.2) is 43.8 Å². The zero-order valence-corrected chi connectivity index (χ0v) is 29.7. The lowest BCUT2D eigenvalue weighted by molar-refractivity contribution is 0.00682. The number of Topliss-reactive ketones (excluding diaryl/α,β-unsaturated/α-hetero) is 1. The van der Waals surface area contributed by atoms with Crippen LogP contribution in [0.15, 0.2) is 66.9 Å². The number of rotatable bonds is 9. The predicted molar refractivity (Wildman–Crippen MR) is 190 cm³/mol. The van der Waals surface area contributed by atoms with E-state index in [1.54, 1.807) is 49.4 Å². The van der Waals surface area contributed by atoms with Crippen LogP contribution in [0.25, 0.3) is 5.65 Å². The fourth-order valence-corrected chi connectivity index (χ4v) is 6.39. The van der Waals surface area contributed by atoms with Crippen molar-refractivity contribution in [1.82, 2.24) is 25.2 Å². The van der Waals surface area contributed by atoms with Gasteiger partial charge in [-0.05, 0) is 99.0 Å². The first-order valence-electron chi connectivity index (χ1n) is 16.6. The van der Waals surface area contributed by atoms with Crippen molar-refractivity contribution >= 4 is 40.8 Å². The summed E-state index contributed by atoms with van der Waals surface area (Å²) in [7, 11) is 0. The van der Waals surface area contributed by atoms with E-state index in [0.29, 0.717) is 40.1 Å². The number of benzene rings is 3. The summed E-state index contributed by atoms with van der Waals surface area (Å²) < 4.78 is 21.0. The van der Waals surface area contributed by atoms with Gasteiger partial charge in [0.1, 0.15) is 22.8 Å². The SMILES string of the molecule is Cc1ccc(CNC(=O)c2cc(C(=O)N[C@H]3CCc4c3ccc(C(=O)OC(C)(C)C)c4C)n3ncc(C(=O)Cc4ccccc4Cl)c3n2)cc1F. The number of carbonyl (C=O) groups excluding carboxylic acids is 4. The Balaban J connectivity index is 1.32. The first-order chi connectivity index (χ1) is 24.2. The third-order valence-corrected chi connectivity index (χ3v) is 9.22. The third-order valence-electron chi connectivity index (χ3n) is 8.85. The Hall–Kier alpha value is -5.42. The minimum absolute atomic E-state index is 0.00543. The molecule has 1 aliphatic carbocycles. The topological polar surface area (TPSA) is 132 Å². The molecule has 2 aromatic heterocycles. The Labute approximate surface area is 299 Å². The molecule has 12 heteroatoms. The molecular formula is C39H37ClFN5O5. The van der Waals surface area contributed by atoms with Gasteiger partial charge in [0.15, 0.2) is 11.4 Å². The second-order valence-corrected chi connectivity index (χ2v) is 14.1.